The fourth-order valence-electron chi connectivity index (χ4n) is 2.14. The average molecular weight is 289 g/mol. The Morgan fingerprint density at radius 3 is 2.76 bits per heavy atom. The van der Waals surface area contributed by atoms with Crippen LogP contribution in [0.5, 0.6) is 0 Å². The topological polar surface area (TPSA) is 77.1 Å². The molecule has 0 aliphatic rings. The molecule has 1 N–H and O–H groups in total. The van der Waals surface area contributed by atoms with Crippen LogP contribution >= 0.6 is 0 Å². The summed E-state index contributed by atoms with van der Waals surface area (Å²) in [6.07, 6.45) is 2.72. The van der Waals surface area contributed by atoms with Crippen molar-refractivity contribution in [2.24, 2.45) is 0 Å². The molecule has 2 heterocycles. The molecule has 0 saturated carbocycles. The maximum atomic E-state index is 12.1. The lowest BCUT2D eigenvalue weighted by molar-refractivity contribution is -0.115. The maximum absolute atomic E-state index is 12.1. The van der Waals surface area contributed by atoms with Crippen LogP contribution in [0.2, 0.25) is 0 Å². The monoisotopic (exact) mass is 289 g/mol. The van der Waals surface area contributed by atoms with E-state index in [1.54, 1.807) is 30.7 Å². The fourth-order valence-corrected chi connectivity index (χ4v) is 2.14. The van der Waals surface area contributed by atoms with E-state index in [9.17, 15) is 9.59 Å². The summed E-state index contributed by atoms with van der Waals surface area (Å²) in [7, 11) is 0. The largest absolute Gasteiger partial charge is 0.361 e. The molecule has 0 saturated heterocycles. The molecule has 0 atom stereocenters. The minimum absolute atomic E-state index is 0.0689. The van der Waals surface area contributed by atoms with Crippen molar-refractivity contribution in [1.29, 1.82) is 0 Å². The second kappa shape index (κ2) is 6.39. The van der Waals surface area contributed by atoms with Gasteiger partial charge in [0.05, 0.1) is 17.8 Å². The predicted molar refractivity (Wildman–Crippen MR) is 79.3 cm³/mol. The summed E-state index contributed by atoms with van der Waals surface area (Å²) in [6, 6.07) is 3.07. The molecule has 2 rings (SSSR count). The minimum atomic E-state index is -0.161. The molecule has 0 aromatic carbocycles. The molecule has 21 heavy (non-hydrogen) atoms. The number of anilines is 1. The highest BCUT2D eigenvalue weighted by Gasteiger charge is 2.13. The predicted octanol–water partition coefficient (Wildman–Crippen LogP) is 2.04. The highest BCUT2D eigenvalue weighted by Crippen LogP contribution is 2.14. The second-order valence-electron chi connectivity index (χ2n) is 4.98. The summed E-state index contributed by atoms with van der Waals surface area (Å²) in [6.45, 7) is 6.21. The van der Waals surface area contributed by atoms with Gasteiger partial charge in [0.2, 0.25) is 5.91 Å². The molecule has 0 spiro atoms. The first-order chi connectivity index (χ1) is 10.0. The number of rotatable bonds is 5. The van der Waals surface area contributed by atoms with Crippen LogP contribution in [-0.4, -0.2) is 15.6 Å². The van der Waals surface area contributed by atoms with Gasteiger partial charge in [-0.15, -0.1) is 0 Å². The highest BCUT2D eigenvalue weighted by atomic mass is 16.5. The van der Waals surface area contributed by atoms with Gasteiger partial charge in [0.15, 0.2) is 0 Å². The van der Waals surface area contributed by atoms with Crippen LogP contribution in [0.1, 0.15) is 30.4 Å². The minimum Gasteiger partial charge on any atom is -0.361 e. The van der Waals surface area contributed by atoms with E-state index < -0.39 is 0 Å². The fraction of sp³-hybridized carbons (Fsp3) is 0.400. The zero-order valence-electron chi connectivity index (χ0n) is 12.5. The lowest BCUT2D eigenvalue weighted by atomic mass is 10.1. The summed E-state index contributed by atoms with van der Waals surface area (Å²) in [4.78, 5) is 23.7. The molecule has 6 nitrogen and oxygen atoms in total. The summed E-state index contributed by atoms with van der Waals surface area (Å²) in [5.74, 6) is 0.490. The zero-order valence-corrected chi connectivity index (χ0v) is 12.5. The van der Waals surface area contributed by atoms with E-state index in [4.69, 9.17) is 4.52 Å². The lowest BCUT2D eigenvalue weighted by Gasteiger charge is -2.08. The normalized spacial score (nSPS) is 10.6. The third-order valence-electron chi connectivity index (χ3n) is 3.25. The van der Waals surface area contributed by atoms with Crippen molar-refractivity contribution in [1.82, 2.24) is 9.72 Å². The molecule has 6 heteroatoms. The van der Waals surface area contributed by atoms with Crippen molar-refractivity contribution in [3.05, 3.63) is 45.7 Å². The smallest absolute Gasteiger partial charge is 0.250 e. The Hall–Kier alpha value is -2.37. The third-order valence-corrected chi connectivity index (χ3v) is 3.25. The van der Waals surface area contributed by atoms with Gasteiger partial charge in [0, 0.05) is 24.4 Å². The summed E-state index contributed by atoms with van der Waals surface area (Å²) in [5.41, 5.74) is 2.06. The molecule has 2 aromatic heterocycles. The van der Waals surface area contributed by atoms with Crippen molar-refractivity contribution in [2.75, 3.05) is 5.32 Å². The second-order valence-corrected chi connectivity index (χ2v) is 4.98. The Balaban J connectivity index is 2.09. The SMILES string of the molecule is CCCn1cc(NC(=O)Cc2c(C)noc2C)ccc1=O. The molecule has 2 aromatic rings. The Morgan fingerprint density at radius 1 is 1.38 bits per heavy atom. The first-order valence-electron chi connectivity index (χ1n) is 6.93. The first-order valence-corrected chi connectivity index (χ1v) is 6.93. The Labute approximate surface area is 122 Å². The van der Waals surface area contributed by atoms with Crippen molar-refractivity contribution < 1.29 is 9.32 Å². The van der Waals surface area contributed by atoms with Gasteiger partial charge in [-0.2, -0.15) is 0 Å². The standard InChI is InChI=1S/C15H19N3O3/c1-4-7-18-9-12(5-6-15(18)20)16-14(19)8-13-10(2)17-21-11(13)3/h5-6,9H,4,7-8H2,1-3H3,(H,16,19). The summed E-state index contributed by atoms with van der Waals surface area (Å²) < 4.78 is 6.63. The number of pyridine rings is 1. The van der Waals surface area contributed by atoms with Crippen LogP contribution in [-0.2, 0) is 17.8 Å². The number of nitrogens with one attached hydrogen (secondary N) is 1. The molecule has 0 fully saturated rings. The van der Waals surface area contributed by atoms with Crippen LogP contribution in [0.3, 0.4) is 0 Å². The lowest BCUT2D eigenvalue weighted by Crippen LogP contribution is -2.21. The van der Waals surface area contributed by atoms with Crippen LogP contribution < -0.4 is 10.9 Å². The molecule has 0 aliphatic carbocycles. The summed E-state index contributed by atoms with van der Waals surface area (Å²) >= 11 is 0. The van der Waals surface area contributed by atoms with E-state index in [2.05, 4.69) is 10.5 Å². The quantitative estimate of drug-likeness (QED) is 0.913. The Bertz CT molecular complexity index is 681. The highest BCUT2D eigenvalue weighted by molar-refractivity contribution is 5.92. The van der Waals surface area contributed by atoms with Crippen LogP contribution in [0.15, 0.2) is 27.6 Å². The number of aromatic nitrogens is 2. The number of amides is 1. The van der Waals surface area contributed by atoms with Gasteiger partial charge < -0.3 is 14.4 Å². The molecule has 0 bridgehead atoms. The number of carbonyl (C=O) groups excluding carboxylic acids is 1. The van der Waals surface area contributed by atoms with E-state index in [1.807, 2.05) is 6.92 Å². The first kappa shape index (κ1) is 15.0. The number of nitrogens with zero attached hydrogens (tertiary/aromatic N) is 2. The molecular formula is C15H19N3O3. The number of aryl methyl sites for hydroxylation is 3. The third kappa shape index (κ3) is 3.59. The van der Waals surface area contributed by atoms with Crippen molar-refractivity contribution in [2.45, 2.75) is 40.2 Å². The molecule has 0 radical (unpaired) electrons. The molecule has 0 aliphatic heterocycles. The van der Waals surface area contributed by atoms with Gasteiger partial charge in [-0.1, -0.05) is 12.1 Å². The number of hydrogen-bond donors (Lipinski definition) is 1. The molecule has 1 amide bonds. The van der Waals surface area contributed by atoms with Crippen molar-refractivity contribution in [3.8, 4) is 0 Å². The van der Waals surface area contributed by atoms with E-state index in [0.29, 0.717) is 18.0 Å². The van der Waals surface area contributed by atoms with Gasteiger partial charge in [-0.25, -0.2) is 0 Å². The van der Waals surface area contributed by atoms with Gasteiger partial charge in [-0.3, -0.25) is 9.59 Å². The molecule has 0 unspecified atom stereocenters. The van der Waals surface area contributed by atoms with Crippen LogP contribution in [0.25, 0.3) is 0 Å². The van der Waals surface area contributed by atoms with E-state index in [1.165, 1.54) is 6.07 Å². The Morgan fingerprint density at radius 2 is 2.14 bits per heavy atom. The van der Waals surface area contributed by atoms with Gasteiger partial charge in [-0.05, 0) is 26.3 Å². The van der Waals surface area contributed by atoms with Gasteiger partial charge in [0.1, 0.15) is 5.76 Å². The Kier molecular flexibility index (Phi) is 4.57. The van der Waals surface area contributed by atoms with Crippen molar-refractivity contribution >= 4 is 11.6 Å². The van der Waals surface area contributed by atoms with Crippen LogP contribution in [0.4, 0.5) is 5.69 Å². The maximum Gasteiger partial charge on any atom is 0.250 e. The molecule has 112 valence electrons. The van der Waals surface area contributed by atoms with Crippen LogP contribution in [0, 0.1) is 13.8 Å². The van der Waals surface area contributed by atoms with E-state index >= 15 is 0 Å². The molecular weight excluding hydrogens is 270 g/mol. The van der Waals surface area contributed by atoms with E-state index in [0.717, 1.165) is 17.7 Å². The average Bonchev–Trinajstić information content (AvgIpc) is 2.75. The number of hydrogen-bond acceptors (Lipinski definition) is 4. The zero-order chi connectivity index (χ0) is 15.4. The number of carbonyl (C=O) groups is 1. The van der Waals surface area contributed by atoms with E-state index in [-0.39, 0.29) is 17.9 Å². The van der Waals surface area contributed by atoms with Gasteiger partial charge in [0.25, 0.3) is 5.56 Å². The summed E-state index contributed by atoms with van der Waals surface area (Å²) in [5, 5.41) is 6.62. The van der Waals surface area contributed by atoms with Crippen molar-refractivity contribution in [3.63, 3.8) is 0 Å². The van der Waals surface area contributed by atoms with Gasteiger partial charge >= 0.3 is 0 Å².